The summed E-state index contributed by atoms with van der Waals surface area (Å²) >= 11 is 3.59. The molecule has 0 radical (unpaired) electrons. The summed E-state index contributed by atoms with van der Waals surface area (Å²) in [6.07, 6.45) is 8.12. The van der Waals surface area contributed by atoms with Crippen LogP contribution in [0.4, 0.5) is 5.69 Å². The number of benzene rings is 1. The number of hydrogen-bond acceptors (Lipinski definition) is 2. The Labute approximate surface area is 118 Å². The standard InChI is InChI=1S/C15H19BrN2/c1-3-8-18(10-12-4-5-12)13-6-7-14(11(2)17)15(16)9-13/h1,6-7,9,11-12H,4-5,8,10,17H2,2H3/t11-/m0/s1. The largest absolute Gasteiger partial charge is 0.360 e. The average Bonchev–Trinajstić information content (AvgIpc) is 3.11. The maximum absolute atomic E-state index is 5.91. The van der Waals surface area contributed by atoms with Crippen LogP contribution in [0, 0.1) is 18.3 Å². The van der Waals surface area contributed by atoms with Crippen LogP contribution in [0.15, 0.2) is 22.7 Å². The molecule has 0 amide bonds. The summed E-state index contributed by atoms with van der Waals surface area (Å²) in [6.45, 7) is 3.72. The van der Waals surface area contributed by atoms with Gasteiger partial charge in [0.2, 0.25) is 0 Å². The summed E-state index contributed by atoms with van der Waals surface area (Å²) in [5, 5.41) is 0. The summed E-state index contributed by atoms with van der Waals surface area (Å²) in [7, 11) is 0. The molecule has 1 atom stereocenters. The van der Waals surface area contributed by atoms with Crippen LogP contribution in [0.1, 0.15) is 31.4 Å². The summed E-state index contributed by atoms with van der Waals surface area (Å²) in [4.78, 5) is 2.27. The van der Waals surface area contributed by atoms with E-state index in [1.807, 2.05) is 6.92 Å². The first-order chi connectivity index (χ1) is 8.61. The van der Waals surface area contributed by atoms with Crippen LogP contribution in [-0.4, -0.2) is 13.1 Å². The molecule has 1 aliphatic rings. The van der Waals surface area contributed by atoms with E-state index in [0.29, 0.717) is 6.54 Å². The van der Waals surface area contributed by atoms with E-state index >= 15 is 0 Å². The summed E-state index contributed by atoms with van der Waals surface area (Å²) < 4.78 is 1.06. The molecular formula is C15H19BrN2. The van der Waals surface area contributed by atoms with E-state index in [4.69, 9.17) is 12.2 Å². The van der Waals surface area contributed by atoms with Crippen LogP contribution in [0.25, 0.3) is 0 Å². The van der Waals surface area contributed by atoms with Crippen LogP contribution in [0.3, 0.4) is 0 Å². The molecule has 18 heavy (non-hydrogen) atoms. The summed E-state index contributed by atoms with van der Waals surface area (Å²) in [5.41, 5.74) is 8.22. The molecule has 2 N–H and O–H groups in total. The quantitative estimate of drug-likeness (QED) is 0.846. The molecule has 3 heteroatoms. The highest BCUT2D eigenvalue weighted by molar-refractivity contribution is 9.10. The molecular weight excluding hydrogens is 288 g/mol. The molecule has 2 rings (SSSR count). The van der Waals surface area contributed by atoms with Gasteiger partial charge < -0.3 is 10.6 Å². The van der Waals surface area contributed by atoms with Gasteiger partial charge in [-0.25, -0.2) is 0 Å². The number of terminal acetylenes is 1. The zero-order chi connectivity index (χ0) is 13.1. The first-order valence-corrected chi connectivity index (χ1v) is 7.14. The van der Waals surface area contributed by atoms with Gasteiger partial charge >= 0.3 is 0 Å². The van der Waals surface area contributed by atoms with Gasteiger partial charge in [-0.05, 0) is 43.4 Å². The lowest BCUT2D eigenvalue weighted by atomic mass is 10.1. The third kappa shape index (κ3) is 3.28. The van der Waals surface area contributed by atoms with Crippen LogP contribution >= 0.6 is 15.9 Å². The van der Waals surface area contributed by atoms with E-state index in [9.17, 15) is 0 Å². The first kappa shape index (κ1) is 13.5. The van der Waals surface area contributed by atoms with E-state index in [0.717, 1.165) is 22.5 Å². The van der Waals surface area contributed by atoms with Crippen molar-refractivity contribution in [3.63, 3.8) is 0 Å². The number of halogens is 1. The number of anilines is 1. The molecule has 0 aliphatic heterocycles. The Morgan fingerprint density at radius 2 is 2.28 bits per heavy atom. The Morgan fingerprint density at radius 3 is 2.78 bits per heavy atom. The molecule has 2 nitrogen and oxygen atoms in total. The lowest BCUT2D eigenvalue weighted by Gasteiger charge is -2.23. The van der Waals surface area contributed by atoms with Crippen molar-refractivity contribution < 1.29 is 0 Å². The van der Waals surface area contributed by atoms with Gasteiger partial charge in [0, 0.05) is 22.7 Å². The lowest BCUT2D eigenvalue weighted by molar-refractivity contribution is 0.763. The van der Waals surface area contributed by atoms with Crippen molar-refractivity contribution >= 4 is 21.6 Å². The zero-order valence-corrected chi connectivity index (χ0v) is 12.3. The Balaban J connectivity index is 2.19. The second-order valence-corrected chi connectivity index (χ2v) is 5.88. The average molecular weight is 307 g/mol. The summed E-state index contributed by atoms with van der Waals surface area (Å²) in [6, 6.07) is 6.36. The molecule has 0 aromatic heterocycles. The first-order valence-electron chi connectivity index (χ1n) is 6.35. The minimum atomic E-state index is 0.0398. The minimum absolute atomic E-state index is 0.0398. The molecule has 0 bridgehead atoms. The van der Waals surface area contributed by atoms with Crippen molar-refractivity contribution in [3.8, 4) is 12.3 Å². The monoisotopic (exact) mass is 306 g/mol. The van der Waals surface area contributed by atoms with Gasteiger partial charge in [0.1, 0.15) is 0 Å². The Morgan fingerprint density at radius 1 is 1.56 bits per heavy atom. The van der Waals surface area contributed by atoms with Gasteiger partial charge in [0.25, 0.3) is 0 Å². The van der Waals surface area contributed by atoms with E-state index in [-0.39, 0.29) is 6.04 Å². The van der Waals surface area contributed by atoms with Crippen molar-refractivity contribution in [2.45, 2.75) is 25.8 Å². The number of nitrogens with zero attached hydrogens (tertiary/aromatic N) is 1. The highest BCUT2D eigenvalue weighted by Gasteiger charge is 2.24. The van der Waals surface area contributed by atoms with Crippen LogP contribution in [0.2, 0.25) is 0 Å². The highest BCUT2D eigenvalue weighted by Crippen LogP contribution is 2.33. The highest BCUT2D eigenvalue weighted by atomic mass is 79.9. The van der Waals surface area contributed by atoms with Crippen molar-refractivity contribution in [2.75, 3.05) is 18.0 Å². The van der Waals surface area contributed by atoms with Gasteiger partial charge in [0.05, 0.1) is 6.54 Å². The van der Waals surface area contributed by atoms with Crippen molar-refractivity contribution in [2.24, 2.45) is 11.7 Å². The number of hydrogen-bond donors (Lipinski definition) is 1. The second kappa shape index (κ2) is 5.77. The molecule has 0 spiro atoms. The predicted octanol–water partition coefficient (Wildman–Crippen LogP) is 3.32. The molecule has 1 aromatic rings. The maximum Gasteiger partial charge on any atom is 0.0791 e. The molecule has 1 aliphatic carbocycles. The maximum atomic E-state index is 5.91. The zero-order valence-electron chi connectivity index (χ0n) is 10.7. The molecule has 1 fully saturated rings. The third-order valence-corrected chi connectivity index (χ3v) is 3.98. The molecule has 0 heterocycles. The predicted molar refractivity (Wildman–Crippen MR) is 80.5 cm³/mol. The smallest absolute Gasteiger partial charge is 0.0791 e. The second-order valence-electron chi connectivity index (χ2n) is 5.02. The SMILES string of the molecule is C#CCN(CC1CC1)c1ccc([C@H](C)N)c(Br)c1. The Hall–Kier alpha value is -0.980. The molecule has 0 unspecified atom stereocenters. The lowest BCUT2D eigenvalue weighted by Crippen LogP contribution is -2.26. The van der Waals surface area contributed by atoms with Crippen LogP contribution in [0.5, 0.6) is 0 Å². The normalized spacial score (nSPS) is 16.1. The van der Waals surface area contributed by atoms with Gasteiger partial charge in [-0.15, -0.1) is 6.42 Å². The molecule has 1 saturated carbocycles. The fourth-order valence-corrected chi connectivity index (χ4v) is 2.79. The van der Waals surface area contributed by atoms with Gasteiger partial charge in [-0.3, -0.25) is 0 Å². The van der Waals surface area contributed by atoms with E-state index in [1.54, 1.807) is 0 Å². The van der Waals surface area contributed by atoms with Crippen LogP contribution < -0.4 is 10.6 Å². The number of rotatable bonds is 5. The minimum Gasteiger partial charge on any atom is -0.360 e. The van der Waals surface area contributed by atoms with Crippen molar-refractivity contribution in [3.05, 3.63) is 28.2 Å². The van der Waals surface area contributed by atoms with Gasteiger partial charge in [-0.2, -0.15) is 0 Å². The molecule has 96 valence electrons. The fraction of sp³-hybridized carbons (Fsp3) is 0.467. The third-order valence-electron chi connectivity index (χ3n) is 3.30. The van der Waals surface area contributed by atoms with Crippen molar-refractivity contribution in [1.82, 2.24) is 0 Å². The Bertz CT molecular complexity index is 458. The Kier molecular flexibility index (Phi) is 4.31. The molecule has 1 aromatic carbocycles. The van der Waals surface area contributed by atoms with Gasteiger partial charge in [0.15, 0.2) is 0 Å². The molecule has 0 saturated heterocycles. The topological polar surface area (TPSA) is 29.3 Å². The number of nitrogens with two attached hydrogens (primary N) is 1. The summed E-state index contributed by atoms with van der Waals surface area (Å²) in [5.74, 6) is 3.57. The van der Waals surface area contributed by atoms with E-state index in [1.165, 1.54) is 18.5 Å². The van der Waals surface area contributed by atoms with Crippen LogP contribution in [-0.2, 0) is 0 Å². The van der Waals surface area contributed by atoms with Crippen molar-refractivity contribution in [1.29, 1.82) is 0 Å². The van der Waals surface area contributed by atoms with E-state index in [2.05, 4.69) is 44.9 Å². The van der Waals surface area contributed by atoms with Gasteiger partial charge in [-0.1, -0.05) is 27.9 Å². The fourth-order valence-electron chi connectivity index (χ4n) is 2.07. The van der Waals surface area contributed by atoms with E-state index < -0.39 is 0 Å².